The van der Waals surface area contributed by atoms with Gasteiger partial charge in [0.15, 0.2) is 5.69 Å². The highest BCUT2D eigenvalue weighted by atomic mass is 35.5. The third-order valence-corrected chi connectivity index (χ3v) is 4.17. The summed E-state index contributed by atoms with van der Waals surface area (Å²) in [7, 11) is 1.30. The number of hydrogen-bond donors (Lipinski definition) is 1. The van der Waals surface area contributed by atoms with Crippen molar-refractivity contribution in [2.45, 2.75) is 25.3 Å². The number of ether oxygens (including phenoxy) is 1. The largest absolute Gasteiger partial charge is 0.464 e. The summed E-state index contributed by atoms with van der Waals surface area (Å²) in [4.78, 5) is 20.6. The number of aromatic nitrogens is 2. The second kappa shape index (κ2) is 6.72. The summed E-state index contributed by atoms with van der Waals surface area (Å²) in [5, 5.41) is 4.01. The molecule has 1 aromatic heterocycles. The lowest BCUT2D eigenvalue weighted by atomic mass is 10.2. The zero-order chi connectivity index (χ0) is 16.4. The predicted octanol–water partition coefficient (Wildman–Crippen LogP) is 4.06. The molecule has 0 unspecified atom stereocenters. The molecule has 7 heteroatoms. The van der Waals surface area contributed by atoms with Crippen LogP contribution in [0, 0.1) is 0 Å². The highest BCUT2D eigenvalue weighted by Gasteiger charge is 2.30. The maximum atomic E-state index is 11.9. The summed E-state index contributed by atoms with van der Waals surface area (Å²) in [6, 6.07) is 7.45. The van der Waals surface area contributed by atoms with E-state index < -0.39 is 5.97 Å². The van der Waals surface area contributed by atoms with Crippen LogP contribution < -0.4 is 5.32 Å². The first-order valence-corrected chi connectivity index (χ1v) is 7.98. The zero-order valence-corrected chi connectivity index (χ0v) is 14.0. The molecule has 1 heterocycles. The summed E-state index contributed by atoms with van der Waals surface area (Å²) < 4.78 is 4.75. The molecule has 1 fully saturated rings. The third-order valence-electron chi connectivity index (χ3n) is 3.56. The molecule has 120 valence electrons. The van der Waals surface area contributed by atoms with E-state index >= 15 is 0 Å². The number of benzene rings is 1. The van der Waals surface area contributed by atoms with E-state index in [2.05, 4.69) is 15.3 Å². The van der Waals surface area contributed by atoms with Crippen LogP contribution in [0.15, 0.2) is 24.3 Å². The first-order chi connectivity index (χ1) is 11.1. The Morgan fingerprint density at radius 2 is 1.96 bits per heavy atom. The zero-order valence-electron chi connectivity index (χ0n) is 12.5. The number of rotatable bonds is 5. The second-order valence-electron chi connectivity index (χ2n) is 5.34. The van der Waals surface area contributed by atoms with Crippen LogP contribution in [-0.4, -0.2) is 23.0 Å². The maximum absolute atomic E-state index is 11.9. The van der Waals surface area contributed by atoms with Crippen molar-refractivity contribution in [3.63, 3.8) is 0 Å². The highest BCUT2D eigenvalue weighted by molar-refractivity contribution is 6.35. The van der Waals surface area contributed by atoms with E-state index in [-0.39, 0.29) is 10.7 Å². The normalized spacial score (nSPS) is 13.7. The summed E-state index contributed by atoms with van der Waals surface area (Å²) in [6.45, 7) is 0.513. The topological polar surface area (TPSA) is 64.1 Å². The Morgan fingerprint density at radius 3 is 2.57 bits per heavy atom. The Balaban J connectivity index is 1.86. The molecule has 3 rings (SSSR count). The molecule has 0 aliphatic heterocycles. The third kappa shape index (κ3) is 3.74. The molecule has 0 saturated heterocycles. The summed E-state index contributed by atoms with van der Waals surface area (Å²) in [5.74, 6) is 0.813. The van der Waals surface area contributed by atoms with Gasteiger partial charge < -0.3 is 10.1 Å². The van der Waals surface area contributed by atoms with Gasteiger partial charge in [-0.2, -0.15) is 0 Å². The van der Waals surface area contributed by atoms with Crippen LogP contribution in [0.5, 0.6) is 0 Å². The van der Waals surface area contributed by atoms with Crippen molar-refractivity contribution in [2.75, 3.05) is 12.4 Å². The molecule has 0 spiro atoms. The van der Waals surface area contributed by atoms with Crippen molar-refractivity contribution in [3.05, 3.63) is 51.4 Å². The lowest BCUT2D eigenvalue weighted by molar-refractivity contribution is 0.0593. The van der Waals surface area contributed by atoms with Crippen LogP contribution >= 0.6 is 23.2 Å². The summed E-state index contributed by atoms with van der Waals surface area (Å²) in [5.41, 5.74) is 1.13. The Hall–Kier alpha value is -1.85. The number of halogens is 2. The van der Waals surface area contributed by atoms with E-state index in [1.807, 2.05) is 24.3 Å². The number of carbonyl (C=O) groups excluding carboxylic acids is 1. The SMILES string of the molecule is COC(=O)c1nc(C2CC2)nc(NCc2ccc(Cl)cc2)c1Cl. The van der Waals surface area contributed by atoms with Gasteiger partial charge in [-0.3, -0.25) is 0 Å². The molecule has 2 aromatic rings. The van der Waals surface area contributed by atoms with Gasteiger partial charge in [-0.05, 0) is 30.5 Å². The predicted molar refractivity (Wildman–Crippen MR) is 89.1 cm³/mol. The summed E-state index contributed by atoms with van der Waals surface area (Å²) in [6.07, 6.45) is 2.05. The number of anilines is 1. The van der Waals surface area contributed by atoms with Crippen LogP contribution in [-0.2, 0) is 11.3 Å². The Bertz CT molecular complexity index is 731. The van der Waals surface area contributed by atoms with Gasteiger partial charge in [0.1, 0.15) is 16.7 Å². The van der Waals surface area contributed by atoms with E-state index in [0.717, 1.165) is 18.4 Å². The van der Waals surface area contributed by atoms with Crippen molar-refractivity contribution in [1.82, 2.24) is 9.97 Å². The van der Waals surface area contributed by atoms with Crippen molar-refractivity contribution >= 4 is 35.0 Å². The fourth-order valence-corrected chi connectivity index (χ4v) is 2.48. The van der Waals surface area contributed by atoms with Crippen molar-refractivity contribution in [2.24, 2.45) is 0 Å². The molecule has 0 radical (unpaired) electrons. The Labute approximate surface area is 144 Å². The number of nitrogens with one attached hydrogen (secondary N) is 1. The lowest BCUT2D eigenvalue weighted by Crippen LogP contribution is -2.12. The van der Waals surface area contributed by atoms with Gasteiger partial charge in [-0.25, -0.2) is 14.8 Å². The smallest absolute Gasteiger partial charge is 0.358 e. The van der Waals surface area contributed by atoms with Gasteiger partial charge in [0.2, 0.25) is 0 Å². The number of esters is 1. The van der Waals surface area contributed by atoms with Gasteiger partial charge in [-0.1, -0.05) is 35.3 Å². The van der Waals surface area contributed by atoms with E-state index in [9.17, 15) is 4.79 Å². The molecular formula is C16H15Cl2N3O2. The van der Waals surface area contributed by atoms with Gasteiger partial charge in [0.05, 0.1) is 7.11 Å². The molecule has 1 aliphatic carbocycles. The minimum atomic E-state index is -0.561. The quantitative estimate of drug-likeness (QED) is 0.822. The molecule has 0 bridgehead atoms. The average molecular weight is 352 g/mol. The second-order valence-corrected chi connectivity index (χ2v) is 6.15. The molecule has 1 N–H and O–H groups in total. The fraction of sp³-hybridized carbons (Fsp3) is 0.312. The van der Waals surface area contributed by atoms with E-state index in [1.54, 1.807) is 0 Å². The highest BCUT2D eigenvalue weighted by Crippen LogP contribution is 2.39. The molecule has 1 aromatic carbocycles. The molecular weight excluding hydrogens is 337 g/mol. The van der Waals surface area contributed by atoms with E-state index in [0.29, 0.717) is 29.1 Å². The van der Waals surface area contributed by atoms with Crippen LogP contribution in [0.25, 0.3) is 0 Å². The average Bonchev–Trinajstić information content (AvgIpc) is 3.39. The number of carbonyl (C=O) groups is 1. The monoisotopic (exact) mass is 351 g/mol. The standard InChI is InChI=1S/C16H15Cl2N3O2/c1-23-16(22)13-12(18)15(21-14(20-13)10-4-5-10)19-8-9-2-6-11(17)7-3-9/h2-3,6-7,10H,4-5,8H2,1H3,(H,19,20,21). The Morgan fingerprint density at radius 1 is 1.26 bits per heavy atom. The van der Waals surface area contributed by atoms with Crippen LogP contribution in [0.2, 0.25) is 10.0 Å². The Kier molecular flexibility index (Phi) is 4.68. The van der Waals surface area contributed by atoms with Crippen LogP contribution in [0.1, 0.15) is 40.6 Å². The summed E-state index contributed by atoms with van der Waals surface area (Å²) >= 11 is 12.1. The van der Waals surface area contributed by atoms with Crippen LogP contribution in [0.4, 0.5) is 5.82 Å². The van der Waals surface area contributed by atoms with E-state index in [1.165, 1.54) is 7.11 Å². The minimum absolute atomic E-state index is 0.102. The van der Waals surface area contributed by atoms with Gasteiger partial charge in [-0.15, -0.1) is 0 Å². The minimum Gasteiger partial charge on any atom is -0.464 e. The van der Waals surface area contributed by atoms with E-state index in [4.69, 9.17) is 27.9 Å². The molecule has 1 aliphatic rings. The van der Waals surface area contributed by atoms with Crippen molar-refractivity contribution in [3.8, 4) is 0 Å². The van der Waals surface area contributed by atoms with Crippen molar-refractivity contribution < 1.29 is 9.53 Å². The molecule has 5 nitrogen and oxygen atoms in total. The van der Waals surface area contributed by atoms with Gasteiger partial charge in [0.25, 0.3) is 0 Å². The lowest BCUT2D eigenvalue weighted by Gasteiger charge is -2.12. The molecule has 1 saturated carbocycles. The number of hydrogen-bond acceptors (Lipinski definition) is 5. The van der Waals surface area contributed by atoms with Crippen LogP contribution in [0.3, 0.4) is 0 Å². The fourth-order valence-electron chi connectivity index (χ4n) is 2.13. The number of nitrogens with zero attached hydrogens (tertiary/aromatic N) is 2. The first-order valence-electron chi connectivity index (χ1n) is 7.22. The first kappa shape index (κ1) is 16.0. The van der Waals surface area contributed by atoms with Gasteiger partial charge >= 0.3 is 5.97 Å². The molecule has 23 heavy (non-hydrogen) atoms. The van der Waals surface area contributed by atoms with Gasteiger partial charge in [0, 0.05) is 17.5 Å². The maximum Gasteiger partial charge on any atom is 0.358 e. The van der Waals surface area contributed by atoms with Crippen molar-refractivity contribution in [1.29, 1.82) is 0 Å². The number of methoxy groups -OCH3 is 1. The molecule has 0 amide bonds. The molecule has 0 atom stereocenters.